The molecular weight excluding hydrogens is 345 g/mol. The molecule has 0 radical (unpaired) electrons. The molecule has 1 aromatic heterocycles. The number of nitrogens with zero attached hydrogens (tertiary/aromatic N) is 2. The van der Waals surface area contributed by atoms with Crippen molar-refractivity contribution in [3.8, 4) is 0 Å². The van der Waals surface area contributed by atoms with E-state index in [0.717, 1.165) is 11.1 Å². The van der Waals surface area contributed by atoms with Gasteiger partial charge in [-0.1, -0.05) is 42.0 Å². The fraction of sp³-hybridized carbons (Fsp3) is 0.0952. The minimum Gasteiger partial charge on any atom is -0.310 e. The number of benzene rings is 2. The van der Waals surface area contributed by atoms with E-state index in [1.807, 2.05) is 31.2 Å². The SMILES string of the molecule is Cc1cccc(Cn2cccc(C(=O)N/N=C\c3ccc(F)cc3)c2=O)c1. The largest absolute Gasteiger partial charge is 0.310 e. The van der Waals surface area contributed by atoms with Crippen molar-refractivity contribution >= 4 is 12.1 Å². The third-order valence-electron chi connectivity index (χ3n) is 3.95. The Morgan fingerprint density at radius 2 is 1.93 bits per heavy atom. The second-order valence-corrected chi connectivity index (χ2v) is 6.09. The van der Waals surface area contributed by atoms with Gasteiger partial charge in [0.2, 0.25) is 0 Å². The van der Waals surface area contributed by atoms with Crippen LogP contribution in [0.1, 0.15) is 27.0 Å². The van der Waals surface area contributed by atoms with Gasteiger partial charge in [0.1, 0.15) is 11.4 Å². The number of hydrogen-bond donors (Lipinski definition) is 1. The van der Waals surface area contributed by atoms with Crippen LogP contribution in [0.2, 0.25) is 0 Å². The zero-order valence-electron chi connectivity index (χ0n) is 14.7. The third kappa shape index (κ3) is 4.76. The van der Waals surface area contributed by atoms with Crippen LogP contribution in [0, 0.1) is 12.7 Å². The highest BCUT2D eigenvalue weighted by molar-refractivity contribution is 5.94. The first-order valence-corrected chi connectivity index (χ1v) is 8.37. The Bertz CT molecular complexity index is 1040. The number of amides is 1. The number of aryl methyl sites for hydroxylation is 1. The van der Waals surface area contributed by atoms with Gasteiger partial charge in [0, 0.05) is 6.20 Å². The van der Waals surface area contributed by atoms with E-state index in [-0.39, 0.29) is 11.4 Å². The van der Waals surface area contributed by atoms with Crippen LogP contribution in [0.25, 0.3) is 0 Å². The van der Waals surface area contributed by atoms with Gasteiger partial charge in [0.25, 0.3) is 11.5 Å². The molecule has 0 saturated carbocycles. The molecule has 0 fully saturated rings. The number of carbonyl (C=O) groups excluding carboxylic acids is 1. The molecule has 0 aliphatic carbocycles. The Labute approximate surface area is 155 Å². The van der Waals surface area contributed by atoms with Crippen LogP contribution < -0.4 is 11.0 Å². The number of nitrogens with one attached hydrogen (secondary N) is 1. The third-order valence-corrected chi connectivity index (χ3v) is 3.95. The van der Waals surface area contributed by atoms with Crippen LogP contribution in [-0.4, -0.2) is 16.7 Å². The quantitative estimate of drug-likeness (QED) is 0.559. The fourth-order valence-corrected chi connectivity index (χ4v) is 2.62. The minimum atomic E-state index is -0.600. The van der Waals surface area contributed by atoms with Crippen LogP contribution in [0.15, 0.2) is 76.8 Å². The molecule has 0 aliphatic rings. The van der Waals surface area contributed by atoms with Crippen LogP contribution in [0.3, 0.4) is 0 Å². The number of halogens is 1. The second kappa shape index (κ2) is 8.23. The van der Waals surface area contributed by atoms with E-state index < -0.39 is 11.5 Å². The number of hydrazone groups is 1. The number of pyridine rings is 1. The maximum absolute atomic E-state index is 12.9. The van der Waals surface area contributed by atoms with Crippen LogP contribution in [-0.2, 0) is 6.54 Å². The summed E-state index contributed by atoms with van der Waals surface area (Å²) in [6.07, 6.45) is 3.02. The van der Waals surface area contributed by atoms with E-state index >= 15 is 0 Å². The average Bonchev–Trinajstić information content (AvgIpc) is 2.65. The summed E-state index contributed by atoms with van der Waals surface area (Å²) in [5.74, 6) is -0.952. The summed E-state index contributed by atoms with van der Waals surface area (Å²) in [6, 6.07) is 16.6. The Hall–Kier alpha value is -3.54. The van der Waals surface area contributed by atoms with E-state index in [1.165, 1.54) is 41.1 Å². The molecule has 3 rings (SSSR count). The molecule has 2 aromatic carbocycles. The van der Waals surface area contributed by atoms with E-state index in [0.29, 0.717) is 12.1 Å². The summed E-state index contributed by atoms with van der Waals surface area (Å²) in [4.78, 5) is 24.8. The van der Waals surface area contributed by atoms with Crippen molar-refractivity contribution < 1.29 is 9.18 Å². The molecule has 1 amide bonds. The highest BCUT2D eigenvalue weighted by Crippen LogP contribution is 2.05. The molecular formula is C21H18FN3O2. The van der Waals surface area contributed by atoms with Gasteiger partial charge in [-0.2, -0.15) is 5.10 Å². The molecule has 0 spiro atoms. The highest BCUT2D eigenvalue weighted by atomic mass is 19.1. The molecule has 0 atom stereocenters. The van der Waals surface area contributed by atoms with Crippen LogP contribution in [0.4, 0.5) is 4.39 Å². The van der Waals surface area contributed by atoms with Gasteiger partial charge in [-0.05, 0) is 42.3 Å². The van der Waals surface area contributed by atoms with Crippen molar-refractivity contribution in [3.05, 3.63) is 105 Å². The van der Waals surface area contributed by atoms with Crippen molar-refractivity contribution in [1.82, 2.24) is 9.99 Å². The van der Waals surface area contributed by atoms with Crippen molar-refractivity contribution in [2.75, 3.05) is 0 Å². The van der Waals surface area contributed by atoms with E-state index in [9.17, 15) is 14.0 Å². The predicted octanol–water partition coefficient (Wildman–Crippen LogP) is 3.11. The molecule has 1 N–H and O–H groups in total. The molecule has 3 aromatic rings. The molecule has 0 aliphatic heterocycles. The van der Waals surface area contributed by atoms with Gasteiger partial charge < -0.3 is 4.57 Å². The zero-order valence-corrected chi connectivity index (χ0v) is 14.7. The first-order chi connectivity index (χ1) is 13.0. The van der Waals surface area contributed by atoms with Crippen LogP contribution >= 0.6 is 0 Å². The molecule has 0 bridgehead atoms. The van der Waals surface area contributed by atoms with Crippen molar-refractivity contribution in [1.29, 1.82) is 0 Å². The molecule has 5 nitrogen and oxygen atoms in total. The standard InChI is InChI=1S/C21H18FN3O2/c1-15-4-2-5-17(12-15)14-25-11-3-6-19(21(25)27)20(26)24-23-13-16-7-9-18(22)10-8-16/h2-13H,14H2,1H3,(H,24,26)/b23-13-. The second-order valence-electron chi connectivity index (χ2n) is 6.09. The van der Waals surface area contributed by atoms with Crippen LogP contribution in [0.5, 0.6) is 0 Å². The van der Waals surface area contributed by atoms with Gasteiger partial charge >= 0.3 is 0 Å². The molecule has 27 heavy (non-hydrogen) atoms. The van der Waals surface area contributed by atoms with Gasteiger partial charge in [-0.25, -0.2) is 9.82 Å². The number of hydrogen-bond acceptors (Lipinski definition) is 3. The minimum absolute atomic E-state index is 0.00130. The molecule has 6 heteroatoms. The average molecular weight is 363 g/mol. The lowest BCUT2D eigenvalue weighted by molar-refractivity contribution is 0.0953. The zero-order chi connectivity index (χ0) is 19.2. The van der Waals surface area contributed by atoms with E-state index in [2.05, 4.69) is 10.5 Å². The Kier molecular flexibility index (Phi) is 5.56. The maximum Gasteiger partial charge on any atom is 0.276 e. The highest BCUT2D eigenvalue weighted by Gasteiger charge is 2.11. The number of carbonyl (C=O) groups is 1. The monoisotopic (exact) mass is 363 g/mol. The van der Waals surface area contributed by atoms with Crippen molar-refractivity contribution in [2.45, 2.75) is 13.5 Å². The lowest BCUT2D eigenvalue weighted by Gasteiger charge is -2.08. The first-order valence-electron chi connectivity index (χ1n) is 8.37. The first kappa shape index (κ1) is 18.3. The number of aromatic nitrogens is 1. The molecule has 0 unspecified atom stereocenters. The van der Waals surface area contributed by atoms with Gasteiger partial charge in [0.05, 0.1) is 12.8 Å². The molecule has 0 saturated heterocycles. The summed E-state index contributed by atoms with van der Waals surface area (Å²) < 4.78 is 14.3. The lowest BCUT2D eigenvalue weighted by Crippen LogP contribution is -2.30. The smallest absolute Gasteiger partial charge is 0.276 e. The van der Waals surface area contributed by atoms with E-state index in [4.69, 9.17) is 0 Å². The summed E-state index contributed by atoms with van der Waals surface area (Å²) in [5, 5.41) is 3.82. The summed E-state index contributed by atoms with van der Waals surface area (Å²) >= 11 is 0. The lowest BCUT2D eigenvalue weighted by atomic mass is 10.1. The fourth-order valence-electron chi connectivity index (χ4n) is 2.62. The molecule has 1 heterocycles. The normalized spacial score (nSPS) is 10.9. The number of rotatable bonds is 5. The summed E-state index contributed by atoms with van der Waals surface area (Å²) in [5.41, 5.74) is 4.64. The Balaban J connectivity index is 1.73. The van der Waals surface area contributed by atoms with Gasteiger partial charge in [-0.3, -0.25) is 9.59 Å². The van der Waals surface area contributed by atoms with Crippen molar-refractivity contribution in [3.63, 3.8) is 0 Å². The maximum atomic E-state index is 12.9. The summed E-state index contributed by atoms with van der Waals surface area (Å²) in [7, 11) is 0. The predicted molar refractivity (Wildman–Crippen MR) is 102 cm³/mol. The summed E-state index contributed by atoms with van der Waals surface area (Å²) in [6.45, 7) is 2.36. The van der Waals surface area contributed by atoms with E-state index in [1.54, 1.807) is 12.3 Å². The van der Waals surface area contributed by atoms with Crippen molar-refractivity contribution in [2.24, 2.45) is 5.10 Å². The van der Waals surface area contributed by atoms with Gasteiger partial charge in [-0.15, -0.1) is 0 Å². The van der Waals surface area contributed by atoms with Gasteiger partial charge in [0.15, 0.2) is 0 Å². The molecule has 136 valence electrons. The Morgan fingerprint density at radius 1 is 1.15 bits per heavy atom. The topological polar surface area (TPSA) is 63.5 Å². The Morgan fingerprint density at radius 3 is 2.67 bits per heavy atom.